The van der Waals surface area contributed by atoms with E-state index in [1.807, 2.05) is 0 Å². The van der Waals surface area contributed by atoms with Crippen LogP contribution in [0.5, 0.6) is 0 Å². The summed E-state index contributed by atoms with van der Waals surface area (Å²) in [6.07, 6.45) is -0.501. The topological polar surface area (TPSA) is 12.9 Å². The maximum atomic E-state index is 7.21. The molecule has 0 aliphatic rings. The summed E-state index contributed by atoms with van der Waals surface area (Å²) in [5, 5.41) is 0. The minimum absolute atomic E-state index is 0.157. The molecule has 0 fully saturated rings. The molecule has 1 rings (SSSR count). The summed E-state index contributed by atoms with van der Waals surface area (Å²) in [4.78, 5) is 3.41. The van der Waals surface area contributed by atoms with Gasteiger partial charge in [0.1, 0.15) is 0 Å². The summed E-state index contributed by atoms with van der Waals surface area (Å²) in [6.45, 7) is 0. The zero-order chi connectivity index (χ0) is 8.59. The lowest BCUT2D eigenvalue weighted by Gasteiger charge is -1.80. The molecule has 0 amide bonds. The molecule has 0 saturated heterocycles. The van der Waals surface area contributed by atoms with Crippen molar-refractivity contribution in [3.8, 4) is 0 Å². The highest BCUT2D eigenvalue weighted by Crippen LogP contribution is 2.02. The summed E-state index contributed by atoms with van der Waals surface area (Å²) < 4.78 is 28.7. The van der Waals surface area contributed by atoms with Gasteiger partial charge < -0.3 is 0 Å². The molecule has 1 aromatic rings. The lowest BCUT2D eigenvalue weighted by molar-refractivity contribution is 1.31. The van der Waals surface area contributed by atoms with E-state index in [-0.39, 0.29) is 28.9 Å². The van der Waals surface area contributed by atoms with Crippen molar-refractivity contribution >= 4 is 15.9 Å². The molecule has 7 heavy (non-hydrogen) atoms. The van der Waals surface area contributed by atoms with Crippen LogP contribution < -0.4 is 0 Å². The standard InChI is InChI=1S/C5H4BrN/c6-5-2-1-3-7-4-5/h1-4H/i1D,2D,3D,4D. The molecule has 1 aromatic heterocycles. The number of halogens is 1. The van der Waals surface area contributed by atoms with Gasteiger partial charge in [0, 0.05) is 16.8 Å². The smallest absolute Gasteiger partial charge is 0.0852 e. The van der Waals surface area contributed by atoms with Gasteiger partial charge in [-0.2, -0.15) is 0 Å². The average Bonchev–Trinajstić information content (AvgIpc) is 1.97. The predicted octanol–water partition coefficient (Wildman–Crippen LogP) is 1.84. The molecular formula is C5H4BrN. The Morgan fingerprint density at radius 2 is 2.71 bits per heavy atom. The van der Waals surface area contributed by atoms with Crippen molar-refractivity contribution in [3.63, 3.8) is 0 Å². The molecule has 36 valence electrons. The third kappa shape index (κ3) is 1.27. The van der Waals surface area contributed by atoms with Gasteiger partial charge >= 0.3 is 0 Å². The first-order valence-electron chi connectivity index (χ1n) is 3.64. The van der Waals surface area contributed by atoms with Gasteiger partial charge in [0.2, 0.25) is 0 Å². The normalized spacial score (nSPS) is 16.7. The van der Waals surface area contributed by atoms with Crippen LogP contribution in [0.1, 0.15) is 5.48 Å². The fourth-order valence-corrected chi connectivity index (χ4v) is 0.404. The summed E-state index contributed by atoms with van der Waals surface area (Å²) in [5.41, 5.74) is 0. The summed E-state index contributed by atoms with van der Waals surface area (Å²) in [6, 6.07) is -0.414. The number of aromatic nitrogens is 1. The molecule has 0 aliphatic heterocycles. The van der Waals surface area contributed by atoms with Crippen LogP contribution in [-0.2, 0) is 0 Å². The SMILES string of the molecule is [2H]c1nc([2H])c(Br)c([2H])c1[2H]. The number of pyridine rings is 1. The minimum Gasteiger partial charge on any atom is -0.264 e. The second kappa shape index (κ2) is 2.07. The van der Waals surface area contributed by atoms with Crippen LogP contribution in [0.15, 0.2) is 28.9 Å². The second-order valence-corrected chi connectivity index (χ2v) is 1.69. The highest BCUT2D eigenvalue weighted by molar-refractivity contribution is 9.10. The van der Waals surface area contributed by atoms with Crippen molar-refractivity contribution in [1.82, 2.24) is 4.98 Å². The zero-order valence-corrected chi connectivity index (χ0v) is 4.91. The lowest BCUT2D eigenvalue weighted by atomic mass is 10.5. The molecule has 0 spiro atoms. The Morgan fingerprint density at radius 3 is 3.57 bits per heavy atom. The van der Waals surface area contributed by atoms with E-state index in [2.05, 4.69) is 20.9 Å². The summed E-state index contributed by atoms with van der Waals surface area (Å²) >= 11 is 2.92. The molecular weight excluding hydrogens is 154 g/mol. The quantitative estimate of drug-likeness (QED) is 0.567. The molecule has 0 aromatic carbocycles. The van der Waals surface area contributed by atoms with Crippen LogP contribution >= 0.6 is 15.9 Å². The van der Waals surface area contributed by atoms with E-state index in [1.165, 1.54) is 0 Å². The first kappa shape index (κ1) is 1.86. The van der Waals surface area contributed by atoms with E-state index in [9.17, 15) is 0 Å². The van der Waals surface area contributed by atoms with Gasteiger partial charge in [-0.1, -0.05) is 0 Å². The molecule has 1 heterocycles. The fraction of sp³-hybridized carbons (Fsp3) is 0. The molecule has 0 unspecified atom stereocenters. The first-order valence-corrected chi connectivity index (χ1v) is 2.43. The Kier molecular flexibility index (Phi) is 0.551. The molecule has 0 aliphatic carbocycles. The monoisotopic (exact) mass is 161 g/mol. The van der Waals surface area contributed by atoms with Crippen LogP contribution in [0.3, 0.4) is 0 Å². The number of nitrogens with zero attached hydrogens (tertiary/aromatic N) is 1. The van der Waals surface area contributed by atoms with Crippen molar-refractivity contribution in [1.29, 1.82) is 0 Å². The van der Waals surface area contributed by atoms with Gasteiger partial charge in [-0.15, -0.1) is 0 Å². The van der Waals surface area contributed by atoms with Gasteiger partial charge in [0.25, 0.3) is 0 Å². The maximum Gasteiger partial charge on any atom is 0.0852 e. The third-order valence-corrected chi connectivity index (χ3v) is 0.814. The zero-order valence-electron chi connectivity index (χ0n) is 7.33. The molecule has 0 bridgehead atoms. The van der Waals surface area contributed by atoms with Crippen molar-refractivity contribution in [3.05, 3.63) is 28.9 Å². The number of hydrogen-bond acceptors (Lipinski definition) is 1. The van der Waals surface area contributed by atoms with Crippen molar-refractivity contribution in [2.75, 3.05) is 0 Å². The second-order valence-electron chi connectivity index (χ2n) is 0.899. The van der Waals surface area contributed by atoms with Crippen LogP contribution in [0.2, 0.25) is 0 Å². The van der Waals surface area contributed by atoms with E-state index in [4.69, 9.17) is 5.48 Å². The number of rotatable bonds is 0. The Bertz CT molecular complexity index is 275. The van der Waals surface area contributed by atoms with Gasteiger partial charge in [-0.05, 0) is 28.0 Å². The van der Waals surface area contributed by atoms with E-state index in [0.29, 0.717) is 0 Å². The molecule has 1 nitrogen and oxygen atoms in total. The third-order valence-electron chi connectivity index (χ3n) is 0.438. The van der Waals surface area contributed by atoms with Crippen LogP contribution in [0.25, 0.3) is 0 Å². The largest absolute Gasteiger partial charge is 0.264 e. The Morgan fingerprint density at radius 1 is 1.86 bits per heavy atom. The van der Waals surface area contributed by atoms with Crippen LogP contribution in [0, 0.1) is 0 Å². The Labute approximate surface area is 56.1 Å². The van der Waals surface area contributed by atoms with Crippen molar-refractivity contribution < 1.29 is 5.48 Å². The van der Waals surface area contributed by atoms with Gasteiger partial charge in [0.15, 0.2) is 0 Å². The molecule has 2 heteroatoms. The lowest BCUT2D eigenvalue weighted by Crippen LogP contribution is -1.64. The Hall–Kier alpha value is -0.370. The van der Waals surface area contributed by atoms with E-state index >= 15 is 0 Å². The fourth-order valence-electron chi connectivity index (χ4n) is 0.216. The predicted molar refractivity (Wildman–Crippen MR) is 31.9 cm³/mol. The van der Waals surface area contributed by atoms with Gasteiger partial charge in [0.05, 0.1) is 5.48 Å². The molecule has 0 radical (unpaired) electrons. The molecule has 0 N–H and O–H groups in total. The Balaban J connectivity index is 3.46. The molecule has 0 saturated carbocycles. The van der Waals surface area contributed by atoms with Crippen LogP contribution in [-0.4, -0.2) is 4.98 Å². The van der Waals surface area contributed by atoms with Crippen molar-refractivity contribution in [2.24, 2.45) is 0 Å². The minimum atomic E-state index is -0.330. The average molecular weight is 162 g/mol. The maximum absolute atomic E-state index is 7.21. The first-order chi connectivity index (χ1) is 5.04. The van der Waals surface area contributed by atoms with E-state index in [0.717, 1.165) is 0 Å². The van der Waals surface area contributed by atoms with E-state index < -0.39 is 0 Å². The highest BCUT2D eigenvalue weighted by atomic mass is 79.9. The van der Waals surface area contributed by atoms with E-state index in [1.54, 1.807) is 0 Å². The van der Waals surface area contributed by atoms with Crippen LogP contribution in [0.4, 0.5) is 0 Å². The van der Waals surface area contributed by atoms with Gasteiger partial charge in [-0.25, -0.2) is 0 Å². The van der Waals surface area contributed by atoms with Gasteiger partial charge in [-0.3, -0.25) is 4.98 Å². The van der Waals surface area contributed by atoms with Crippen molar-refractivity contribution in [2.45, 2.75) is 0 Å². The summed E-state index contributed by atoms with van der Waals surface area (Å²) in [7, 11) is 0. The highest BCUT2D eigenvalue weighted by Gasteiger charge is 1.75. The summed E-state index contributed by atoms with van der Waals surface area (Å²) in [5.74, 6) is 0. The molecule has 0 atom stereocenters. The number of hydrogen-bond donors (Lipinski definition) is 0.